The fourth-order valence-electron chi connectivity index (χ4n) is 1.42. The Morgan fingerprint density at radius 2 is 2.21 bits per heavy atom. The Labute approximate surface area is 84.6 Å². The predicted molar refractivity (Wildman–Crippen MR) is 58.3 cm³/mol. The van der Waals surface area contributed by atoms with Gasteiger partial charge in [-0.05, 0) is 30.5 Å². The zero-order valence-electron chi connectivity index (χ0n) is 8.86. The molecule has 0 saturated heterocycles. The summed E-state index contributed by atoms with van der Waals surface area (Å²) < 4.78 is 1.74. The van der Waals surface area contributed by atoms with Gasteiger partial charge < -0.3 is 10.3 Å². The molecule has 1 aromatic heterocycles. The van der Waals surface area contributed by atoms with Crippen molar-refractivity contribution in [1.82, 2.24) is 4.57 Å². The summed E-state index contributed by atoms with van der Waals surface area (Å²) >= 11 is 0. The lowest BCUT2D eigenvalue weighted by atomic mass is 10.2. The molecule has 0 aliphatic heterocycles. The predicted octanol–water partition coefficient (Wildman–Crippen LogP) is 1.01. The minimum absolute atomic E-state index is 0.0738. The van der Waals surface area contributed by atoms with E-state index in [1.54, 1.807) is 10.6 Å². The summed E-state index contributed by atoms with van der Waals surface area (Å²) in [6, 6.07) is 3.64. The van der Waals surface area contributed by atoms with Gasteiger partial charge in [-0.2, -0.15) is 0 Å². The molecule has 1 rings (SSSR count). The molecular weight excluding hydrogens is 176 g/mol. The summed E-state index contributed by atoms with van der Waals surface area (Å²) in [6.45, 7) is 5.57. The molecule has 0 aliphatic carbocycles. The van der Waals surface area contributed by atoms with Crippen LogP contribution < -0.4 is 11.3 Å². The first kappa shape index (κ1) is 11.0. The number of nitrogens with two attached hydrogens (primary N) is 1. The molecule has 78 valence electrons. The van der Waals surface area contributed by atoms with Crippen LogP contribution in [0, 0.1) is 5.92 Å². The normalized spacial score (nSPS) is 10.9. The average molecular weight is 194 g/mol. The van der Waals surface area contributed by atoms with Gasteiger partial charge in [0.25, 0.3) is 5.56 Å². The Kier molecular flexibility index (Phi) is 3.89. The summed E-state index contributed by atoms with van der Waals surface area (Å²) in [6.07, 6.45) is 2.63. The first-order chi connectivity index (χ1) is 6.63. The van der Waals surface area contributed by atoms with E-state index in [1.165, 1.54) is 0 Å². The van der Waals surface area contributed by atoms with Crippen LogP contribution in [0.4, 0.5) is 0 Å². The number of pyridine rings is 1. The van der Waals surface area contributed by atoms with Gasteiger partial charge in [0.1, 0.15) is 0 Å². The van der Waals surface area contributed by atoms with Crippen molar-refractivity contribution in [3.05, 3.63) is 34.2 Å². The third-order valence-corrected chi connectivity index (χ3v) is 2.06. The smallest absolute Gasteiger partial charge is 0.250 e. The number of aromatic nitrogens is 1. The molecule has 1 aromatic rings. The van der Waals surface area contributed by atoms with Gasteiger partial charge in [-0.1, -0.05) is 13.8 Å². The first-order valence-electron chi connectivity index (χ1n) is 5.03. The third kappa shape index (κ3) is 3.00. The van der Waals surface area contributed by atoms with Crippen molar-refractivity contribution in [2.24, 2.45) is 11.7 Å². The Hall–Kier alpha value is -1.09. The maximum Gasteiger partial charge on any atom is 0.250 e. The van der Waals surface area contributed by atoms with Crippen LogP contribution in [0.5, 0.6) is 0 Å². The Balaban J connectivity index is 2.85. The van der Waals surface area contributed by atoms with Crippen molar-refractivity contribution in [2.45, 2.75) is 26.8 Å². The molecule has 0 saturated carbocycles. The minimum Gasteiger partial charge on any atom is -0.330 e. The lowest BCUT2D eigenvalue weighted by molar-refractivity contribution is 0.510. The standard InChI is InChI=1S/C11H18N2O/c1-9(2)8-13-6-4-10(3-5-12)7-11(13)14/h4,6-7,9H,3,5,8,12H2,1-2H3. The molecule has 0 atom stereocenters. The van der Waals surface area contributed by atoms with Gasteiger partial charge in [-0.3, -0.25) is 4.79 Å². The van der Waals surface area contributed by atoms with E-state index in [0.29, 0.717) is 12.5 Å². The van der Waals surface area contributed by atoms with Crippen LogP contribution in [0.1, 0.15) is 19.4 Å². The number of rotatable bonds is 4. The second kappa shape index (κ2) is 4.96. The molecule has 2 N–H and O–H groups in total. The second-order valence-electron chi connectivity index (χ2n) is 3.96. The highest BCUT2D eigenvalue weighted by Gasteiger charge is 2.00. The van der Waals surface area contributed by atoms with E-state index in [-0.39, 0.29) is 5.56 Å². The minimum atomic E-state index is 0.0738. The van der Waals surface area contributed by atoms with E-state index in [0.717, 1.165) is 18.5 Å². The quantitative estimate of drug-likeness (QED) is 0.777. The van der Waals surface area contributed by atoms with E-state index in [4.69, 9.17) is 5.73 Å². The molecule has 0 amide bonds. The van der Waals surface area contributed by atoms with Gasteiger partial charge in [0.15, 0.2) is 0 Å². The lowest BCUT2D eigenvalue weighted by Crippen LogP contribution is -2.22. The third-order valence-electron chi connectivity index (χ3n) is 2.06. The Morgan fingerprint density at radius 1 is 1.50 bits per heavy atom. The SMILES string of the molecule is CC(C)Cn1ccc(CCN)cc1=O. The molecule has 3 heteroatoms. The van der Waals surface area contributed by atoms with Crippen LogP contribution in [0.15, 0.2) is 23.1 Å². The zero-order valence-corrected chi connectivity index (χ0v) is 8.86. The summed E-state index contributed by atoms with van der Waals surface area (Å²) in [7, 11) is 0. The van der Waals surface area contributed by atoms with E-state index in [2.05, 4.69) is 13.8 Å². The highest BCUT2D eigenvalue weighted by Crippen LogP contribution is 1.99. The summed E-state index contributed by atoms with van der Waals surface area (Å²) in [5.41, 5.74) is 6.52. The van der Waals surface area contributed by atoms with Crippen LogP contribution in [-0.4, -0.2) is 11.1 Å². The van der Waals surface area contributed by atoms with Crippen molar-refractivity contribution in [1.29, 1.82) is 0 Å². The van der Waals surface area contributed by atoms with Crippen LogP contribution in [-0.2, 0) is 13.0 Å². The molecule has 1 heterocycles. The van der Waals surface area contributed by atoms with E-state index >= 15 is 0 Å². The van der Waals surface area contributed by atoms with Gasteiger partial charge in [-0.15, -0.1) is 0 Å². The van der Waals surface area contributed by atoms with Crippen molar-refractivity contribution in [3.63, 3.8) is 0 Å². The molecule has 0 fully saturated rings. The molecule has 0 radical (unpaired) electrons. The largest absolute Gasteiger partial charge is 0.330 e. The number of hydrogen-bond acceptors (Lipinski definition) is 2. The fraction of sp³-hybridized carbons (Fsp3) is 0.545. The number of hydrogen-bond donors (Lipinski definition) is 1. The van der Waals surface area contributed by atoms with Gasteiger partial charge in [0, 0.05) is 18.8 Å². The lowest BCUT2D eigenvalue weighted by Gasteiger charge is -2.08. The van der Waals surface area contributed by atoms with Crippen molar-refractivity contribution < 1.29 is 0 Å². The Bertz CT molecular complexity index is 341. The van der Waals surface area contributed by atoms with Crippen LogP contribution in [0.3, 0.4) is 0 Å². The van der Waals surface area contributed by atoms with Gasteiger partial charge in [0.2, 0.25) is 0 Å². The van der Waals surface area contributed by atoms with Gasteiger partial charge in [-0.25, -0.2) is 0 Å². The van der Waals surface area contributed by atoms with Crippen molar-refractivity contribution in [3.8, 4) is 0 Å². The zero-order chi connectivity index (χ0) is 10.6. The summed E-state index contributed by atoms with van der Waals surface area (Å²) in [5.74, 6) is 0.494. The Morgan fingerprint density at radius 3 is 2.71 bits per heavy atom. The topological polar surface area (TPSA) is 48.0 Å². The van der Waals surface area contributed by atoms with Gasteiger partial charge in [0.05, 0.1) is 0 Å². The maximum absolute atomic E-state index is 11.6. The van der Waals surface area contributed by atoms with E-state index < -0.39 is 0 Å². The molecular formula is C11H18N2O. The molecule has 14 heavy (non-hydrogen) atoms. The monoisotopic (exact) mass is 194 g/mol. The molecule has 3 nitrogen and oxygen atoms in total. The molecule has 0 aromatic carbocycles. The van der Waals surface area contributed by atoms with E-state index in [1.807, 2.05) is 12.3 Å². The highest BCUT2D eigenvalue weighted by molar-refractivity contribution is 5.11. The van der Waals surface area contributed by atoms with Crippen LogP contribution in [0.2, 0.25) is 0 Å². The summed E-state index contributed by atoms with van der Waals surface area (Å²) in [4.78, 5) is 11.6. The van der Waals surface area contributed by atoms with Gasteiger partial charge >= 0.3 is 0 Å². The molecule has 0 bridgehead atoms. The molecule has 0 unspecified atom stereocenters. The average Bonchev–Trinajstić information content (AvgIpc) is 2.10. The van der Waals surface area contributed by atoms with Crippen LogP contribution in [0.25, 0.3) is 0 Å². The second-order valence-corrected chi connectivity index (χ2v) is 3.96. The van der Waals surface area contributed by atoms with Crippen molar-refractivity contribution in [2.75, 3.05) is 6.54 Å². The molecule has 0 spiro atoms. The fourth-order valence-corrected chi connectivity index (χ4v) is 1.42. The highest BCUT2D eigenvalue weighted by atomic mass is 16.1. The van der Waals surface area contributed by atoms with Crippen LogP contribution >= 0.6 is 0 Å². The van der Waals surface area contributed by atoms with E-state index in [9.17, 15) is 4.79 Å². The summed E-state index contributed by atoms with van der Waals surface area (Å²) in [5, 5.41) is 0. The molecule has 0 aliphatic rings. The maximum atomic E-state index is 11.6. The van der Waals surface area contributed by atoms with Crippen molar-refractivity contribution >= 4 is 0 Å². The first-order valence-corrected chi connectivity index (χ1v) is 5.03. The number of nitrogens with zero attached hydrogens (tertiary/aromatic N) is 1.